The van der Waals surface area contributed by atoms with Crippen molar-refractivity contribution < 1.29 is 29.7 Å². The van der Waals surface area contributed by atoms with E-state index in [-0.39, 0.29) is 17.4 Å². The van der Waals surface area contributed by atoms with Gasteiger partial charge >= 0.3 is 5.69 Å². The summed E-state index contributed by atoms with van der Waals surface area (Å²) in [4.78, 5) is 14.2. The van der Waals surface area contributed by atoms with E-state index in [0.717, 1.165) is 0 Å². The summed E-state index contributed by atoms with van der Waals surface area (Å²) >= 11 is 0. The highest BCUT2D eigenvalue weighted by Gasteiger charge is 2.43. The van der Waals surface area contributed by atoms with E-state index in [1.54, 1.807) is 0 Å². The molecule has 0 amide bonds. The maximum Gasteiger partial charge on any atom is 0.334 e. The first-order chi connectivity index (χ1) is 10.4. The molecule has 0 aliphatic carbocycles. The standard InChI is InChI=1S/C11H16N4O7/c1-21-6-2-4(12)7(15(19)20)10(13-6)14-11-9(18)8(17)5(3-16)22-11/h2,5,8-9,11,16-18H,3H2,1H3,(H3,12,13,14)/t5-,8-,9-,11-/m1/s1. The van der Waals surface area contributed by atoms with Crippen LogP contribution in [0.15, 0.2) is 6.07 Å². The second-order valence-electron chi connectivity index (χ2n) is 4.61. The molecular formula is C11H16N4O7. The predicted octanol–water partition coefficient (Wildman–Crippen LogP) is -1.57. The van der Waals surface area contributed by atoms with E-state index in [0.29, 0.717) is 0 Å². The number of rotatable bonds is 5. The molecule has 1 aliphatic rings. The van der Waals surface area contributed by atoms with Gasteiger partial charge in [0.1, 0.15) is 24.0 Å². The molecule has 4 atom stereocenters. The number of nitrogen functional groups attached to an aromatic ring is 1. The number of anilines is 2. The van der Waals surface area contributed by atoms with Gasteiger partial charge in [0.15, 0.2) is 6.23 Å². The summed E-state index contributed by atoms with van der Waals surface area (Å²) in [7, 11) is 1.31. The Bertz CT molecular complexity index is 570. The average Bonchev–Trinajstić information content (AvgIpc) is 2.74. The Morgan fingerprint density at radius 3 is 2.73 bits per heavy atom. The summed E-state index contributed by atoms with van der Waals surface area (Å²) in [5, 5.41) is 42.1. The lowest BCUT2D eigenvalue weighted by atomic mass is 10.1. The van der Waals surface area contributed by atoms with E-state index in [9.17, 15) is 20.3 Å². The van der Waals surface area contributed by atoms with Gasteiger partial charge in [-0.15, -0.1) is 0 Å². The Hall–Kier alpha value is -2.21. The van der Waals surface area contributed by atoms with Gasteiger partial charge in [0, 0.05) is 6.07 Å². The van der Waals surface area contributed by atoms with Gasteiger partial charge in [0.25, 0.3) is 0 Å². The normalized spacial score (nSPS) is 27.6. The molecule has 1 fully saturated rings. The Morgan fingerprint density at radius 1 is 1.55 bits per heavy atom. The lowest BCUT2D eigenvalue weighted by molar-refractivity contribution is -0.383. The zero-order valence-electron chi connectivity index (χ0n) is 11.5. The molecule has 0 bridgehead atoms. The first kappa shape index (κ1) is 16.2. The van der Waals surface area contributed by atoms with E-state index >= 15 is 0 Å². The van der Waals surface area contributed by atoms with Crippen molar-refractivity contribution in [3.63, 3.8) is 0 Å². The molecule has 0 radical (unpaired) electrons. The second-order valence-corrected chi connectivity index (χ2v) is 4.61. The zero-order valence-corrected chi connectivity index (χ0v) is 11.5. The molecule has 0 spiro atoms. The van der Waals surface area contributed by atoms with Crippen molar-refractivity contribution >= 4 is 17.2 Å². The number of nitrogens with one attached hydrogen (secondary N) is 1. The van der Waals surface area contributed by atoms with Crippen molar-refractivity contribution in [2.45, 2.75) is 24.5 Å². The highest BCUT2D eigenvalue weighted by molar-refractivity contribution is 5.72. The second kappa shape index (κ2) is 6.27. The number of hydrogen-bond acceptors (Lipinski definition) is 10. The lowest BCUT2D eigenvalue weighted by Gasteiger charge is -2.17. The van der Waals surface area contributed by atoms with Gasteiger partial charge in [-0.05, 0) is 0 Å². The van der Waals surface area contributed by atoms with Crippen LogP contribution in [0.3, 0.4) is 0 Å². The van der Waals surface area contributed by atoms with Gasteiger partial charge in [0.2, 0.25) is 11.7 Å². The minimum Gasteiger partial charge on any atom is -0.481 e. The van der Waals surface area contributed by atoms with Gasteiger partial charge in [-0.1, -0.05) is 0 Å². The molecule has 11 heteroatoms. The number of aromatic nitrogens is 1. The molecular weight excluding hydrogens is 300 g/mol. The summed E-state index contributed by atoms with van der Waals surface area (Å²) in [6.45, 7) is -0.522. The SMILES string of the molecule is COc1cc(N)c([N+](=O)[O-])c(N[C@@H]2O[C@H](CO)[C@@H](O)[C@H]2O)n1. The number of aliphatic hydroxyl groups excluding tert-OH is 3. The third-order valence-electron chi connectivity index (χ3n) is 3.21. The molecule has 2 heterocycles. The first-order valence-electron chi connectivity index (χ1n) is 6.27. The fourth-order valence-electron chi connectivity index (χ4n) is 2.08. The number of nitrogens with two attached hydrogens (primary N) is 1. The number of methoxy groups -OCH3 is 1. The molecule has 11 nitrogen and oxygen atoms in total. The maximum atomic E-state index is 11.1. The van der Waals surface area contributed by atoms with Crippen LogP contribution < -0.4 is 15.8 Å². The first-order valence-corrected chi connectivity index (χ1v) is 6.27. The molecule has 1 aromatic rings. The van der Waals surface area contributed by atoms with Crippen LogP contribution in [-0.4, -0.2) is 63.5 Å². The molecule has 0 unspecified atom stereocenters. The molecule has 0 saturated carbocycles. The van der Waals surface area contributed by atoms with Gasteiger partial charge in [-0.25, -0.2) is 0 Å². The monoisotopic (exact) mass is 316 g/mol. The predicted molar refractivity (Wildman–Crippen MR) is 73.2 cm³/mol. The Labute approximate surface area is 124 Å². The summed E-state index contributed by atoms with van der Waals surface area (Å²) < 4.78 is 10.1. The fourth-order valence-corrected chi connectivity index (χ4v) is 2.08. The third-order valence-corrected chi connectivity index (χ3v) is 3.21. The maximum absolute atomic E-state index is 11.1. The largest absolute Gasteiger partial charge is 0.481 e. The lowest BCUT2D eigenvalue weighted by Crippen LogP contribution is -2.36. The van der Waals surface area contributed by atoms with Crippen LogP contribution in [0.5, 0.6) is 5.88 Å². The number of aliphatic hydroxyl groups is 3. The molecule has 2 rings (SSSR count). The molecule has 122 valence electrons. The highest BCUT2D eigenvalue weighted by atomic mass is 16.6. The summed E-state index contributed by atoms with van der Waals surface area (Å²) in [6.07, 6.45) is -4.98. The van der Waals surface area contributed by atoms with Crippen LogP contribution in [0, 0.1) is 10.1 Å². The summed E-state index contributed by atoms with van der Waals surface area (Å²) in [5.41, 5.74) is 4.89. The van der Waals surface area contributed by atoms with Crippen molar-refractivity contribution in [3.8, 4) is 5.88 Å². The van der Waals surface area contributed by atoms with E-state index in [1.165, 1.54) is 13.2 Å². The molecule has 22 heavy (non-hydrogen) atoms. The van der Waals surface area contributed by atoms with Crippen LogP contribution >= 0.6 is 0 Å². The van der Waals surface area contributed by atoms with Crippen molar-refractivity contribution in [1.29, 1.82) is 0 Å². The van der Waals surface area contributed by atoms with Crippen molar-refractivity contribution in [1.82, 2.24) is 4.98 Å². The number of pyridine rings is 1. The van der Waals surface area contributed by atoms with Gasteiger partial charge in [0.05, 0.1) is 18.6 Å². The minimum absolute atomic E-state index is 0.0253. The van der Waals surface area contributed by atoms with Gasteiger partial charge < -0.3 is 35.8 Å². The van der Waals surface area contributed by atoms with Gasteiger partial charge in [-0.2, -0.15) is 4.98 Å². The van der Waals surface area contributed by atoms with Crippen molar-refractivity contribution in [2.24, 2.45) is 0 Å². The van der Waals surface area contributed by atoms with E-state index in [1.807, 2.05) is 0 Å². The smallest absolute Gasteiger partial charge is 0.334 e. The molecule has 0 aromatic carbocycles. The number of hydrogen-bond donors (Lipinski definition) is 5. The summed E-state index contributed by atoms with van der Waals surface area (Å²) in [5.74, 6) is -0.256. The zero-order chi connectivity index (χ0) is 16.4. The minimum atomic E-state index is -1.41. The Morgan fingerprint density at radius 2 is 2.23 bits per heavy atom. The van der Waals surface area contributed by atoms with Crippen LogP contribution in [0.4, 0.5) is 17.2 Å². The topological polar surface area (TPSA) is 173 Å². The van der Waals surface area contributed by atoms with E-state index in [4.69, 9.17) is 20.3 Å². The van der Waals surface area contributed by atoms with Crippen LogP contribution in [0.25, 0.3) is 0 Å². The number of ether oxygens (including phenoxy) is 2. The number of nitrogens with zero attached hydrogens (tertiary/aromatic N) is 2. The van der Waals surface area contributed by atoms with Crippen LogP contribution in [0.1, 0.15) is 0 Å². The van der Waals surface area contributed by atoms with Crippen LogP contribution in [-0.2, 0) is 4.74 Å². The number of nitro groups is 1. The van der Waals surface area contributed by atoms with Gasteiger partial charge in [-0.3, -0.25) is 10.1 Å². The highest BCUT2D eigenvalue weighted by Crippen LogP contribution is 2.34. The van der Waals surface area contributed by atoms with Crippen molar-refractivity contribution in [2.75, 3.05) is 24.8 Å². The molecule has 1 aliphatic heterocycles. The van der Waals surface area contributed by atoms with E-state index in [2.05, 4.69) is 10.3 Å². The quantitative estimate of drug-likeness (QED) is 0.315. The Balaban J connectivity index is 2.32. The summed E-state index contributed by atoms with van der Waals surface area (Å²) in [6, 6.07) is 1.18. The molecule has 6 N–H and O–H groups in total. The molecule has 1 aromatic heterocycles. The van der Waals surface area contributed by atoms with E-state index < -0.39 is 41.8 Å². The van der Waals surface area contributed by atoms with Crippen molar-refractivity contribution in [3.05, 3.63) is 16.2 Å². The fraction of sp³-hybridized carbons (Fsp3) is 0.545. The average molecular weight is 316 g/mol. The molecule has 1 saturated heterocycles. The Kier molecular flexibility index (Phi) is 4.61. The van der Waals surface area contributed by atoms with Crippen LogP contribution in [0.2, 0.25) is 0 Å². The third kappa shape index (κ3) is 2.87.